The van der Waals surface area contributed by atoms with Crippen LogP contribution >= 0.6 is 0 Å². The molecule has 34 heavy (non-hydrogen) atoms. The van der Waals surface area contributed by atoms with E-state index in [0.29, 0.717) is 5.69 Å². The Labute approximate surface area is 202 Å². The minimum Gasteiger partial charge on any atom is -0.348 e. The van der Waals surface area contributed by atoms with Gasteiger partial charge in [0.05, 0.1) is 16.6 Å². The van der Waals surface area contributed by atoms with E-state index >= 15 is 0 Å². The number of hydrogen-bond acceptors (Lipinski definition) is 3. The number of carbonyl (C=O) groups is 1. The molecular weight excluding hydrogens is 444 g/mol. The summed E-state index contributed by atoms with van der Waals surface area (Å²) in [5.41, 5.74) is 7.07. The van der Waals surface area contributed by atoms with E-state index in [9.17, 15) is 13.2 Å². The molecule has 178 valence electrons. The van der Waals surface area contributed by atoms with Crippen molar-refractivity contribution in [3.8, 4) is 0 Å². The van der Waals surface area contributed by atoms with Crippen molar-refractivity contribution in [2.45, 2.75) is 57.9 Å². The van der Waals surface area contributed by atoms with Crippen molar-refractivity contribution in [3.05, 3.63) is 94.0 Å². The van der Waals surface area contributed by atoms with Crippen molar-refractivity contribution in [2.24, 2.45) is 0 Å². The average Bonchev–Trinajstić information content (AvgIpc) is 3.26. The lowest BCUT2D eigenvalue weighted by Crippen LogP contribution is -2.42. The standard InChI is InChI=1S/C28H32N2O3S/c1-19-8-13-26(14-9-19)34(32,33)30(27-15-10-20(2)16-21(27)3)18-28(31)29-22(4)24-12-11-23-6-5-7-25(23)17-24/h8-17,22H,5-7,18H2,1-4H3,(H,29,31)/t22-/m0/s1. The second-order valence-electron chi connectivity index (χ2n) is 9.29. The van der Waals surface area contributed by atoms with Crippen molar-refractivity contribution in [1.82, 2.24) is 5.32 Å². The summed E-state index contributed by atoms with van der Waals surface area (Å²) in [4.78, 5) is 13.3. The van der Waals surface area contributed by atoms with Gasteiger partial charge in [0.2, 0.25) is 5.91 Å². The molecule has 3 aromatic rings. The van der Waals surface area contributed by atoms with Gasteiger partial charge in [0.25, 0.3) is 10.0 Å². The molecule has 1 N–H and O–H groups in total. The van der Waals surface area contributed by atoms with Crippen LogP contribution in [0.25, 0.3) is 0 Å². The molecule has 3 aromatic carbocycles. The number of anilines is 1. The third-order valence-corrected chi connectivity index (χ3v) is 8.29. The molecule has 1 aliphatic rings. The topological polar surface area (TPSA) is 66.5 Å². The van der Waals surface area contributed by atoms with E-state index < -0.39 is 10.0 Å². The fourth-order valence-corrected chi connectivity index (χ4v) is 6.07. The molecule has 5 nitrogen and oxygen atoms in total. The van der Waals surface area contributed by atoms with Crippen LogP contribution in [0.15, 0.2) is 65.6 Å². The highest BCUT2D eigenvalue weighted by atomic mass is 32.2. The largest absolute Gasteiger partial charge is 0.348 e. The van der Waals surface area contributed by atoms with Gasteiger partial charge in [-0.1, -0.05) is 53.6 Å². The molecule has 0 bridgehead atoms. The first kappa shape index (κ1) is 24.0. The van der Waals surface area contributed by atoms with E-state index in [0.717, 1.165) is 35.1 Å². The SMILES string of the molecule is Cc1ccc(S(=O)(=O)N(CC(=O)N[C@@H](C)c2ccc3c(c2)CCC3)c2ccc(C)cc2C)cc1. The van der Waals surface area contributed by atoms with Gasteiger partial charge in [-0.15, -0.1) is 0 Å². The maximum Gasteiger partial charge on any atom is 0.264 e. The van der Waals surface area contributed by atoms with Gasteiger partial charge in [0, 0.05) is 0 Å². The first-order valence-corrected chi connectivity index (χ1v) is 13.2. The summed E-state index contributed by atoms with van der Waals surface area (Å²) >= 11 is 0. The van der Waals surface area contributed by atoms with Gasteiger partial charge < -0.3 is 5.32 Å². The highest BCUT2D eigenvalue weighted by molar-refractivity contribution is 7.92. The maximum atomic E-state index is 13.6. The van der Waals surface area contributed by atoms with Crippen LogP contribution in [0.4, 0.5) is 5.69 Å². The number of aryl methyl sites for hydroxylation is 5. The van der Waals surface area contributed by atoms with Crippen molar-refractivity contribution < 1.29 is 13.2 Å². The molecule has 0 saturated carbocycles. The molecule has 1 aliphatic carbocycles. The Hall–Kier alpha value is -3.12. The van der Waals surface area contributed by atoms with Gasteiger partial charge in [-0.25, -0.2) is 8.42 Å². The summed E-state index contributed by atoms with van der Waals surface area (Å²) in [6, 6.07) is 18.4. The minimum absolute atomic E-state index is 0.164. The molecular formula is C28H32N2O3S. The van der Waals surface area contributed by atoms with Crippen LogP contribution in [0.1, 0.15) is 52.8 Å². The second kappa shape index (κ2) is 9.63. The van der Waals surface area contributed by atoms with Crippen molar-refractivity contribution >= 4 is 21.6 Å². The van der Waals surface area contributed by atoms with Crippen LogP contribution in [0.2, 0.25) is 0 Å². The van der Waals surface area contributed by atoms with Crippen LogP contribution in [0.5, 0.6) is 0 Å². The highest BCUT2D eigenvalue weighted by Crippen LogP contribution is 2.28. The normalized spacial score (nSPS) is 13.9. The van der Waals surface area contributed by atoms with Gasteiger partial charge in [0.15, 0.2) is 0 Å². The molecule has 0 unspecified atom stereocenters. The Bertz CT molecular complexity index is 1310. The van der Waals surface area contributed by atoms with Crippen molar-refractivity contribution in [1.29, 1.82) is 0 Å². The molecule has 0 radical (unpaired) electrons. The number of sulfonamides is 1. The Morgan fingerprint density at radius 3 is 2.29 bits per heavy atom. The third-order valence-electron chi connectivity index (χ3n) is 6.52. The van der Waals surface area contributed by atoms with Crippen LogP contribution < -0.4 is 9.62 Å². The predicted octanol–water partition coefficient (Wildman–Crippen LogP) is 5.17. The predicted molar refractivity (Wildman–Crippen MR) is 137 cm³/mol. The zero-order valence-corrected chi connectivity index (χ0v) is 21.1. The smallest absolute Gasteiger partial charge is 0.264 e. The molecule has 4 rings (SSSR count). The van der Waals surface area contributed by atoms with Crippen LogP contribution in [-0.4, -0.2) is 20.9 Å². The third kappa shape index (κ3) is 5.02. The Balaban J connectivity index is 1.61. The number of benzene rings is 3. The second-order valence-corrected chi connectivity index (χ2v) is 11.1. The number of amides is 1. The van der Waals surface area contributed by atoms with E-state index in [-0.39, 0.29) is 23.4 Å². The lowest BCUT2D eigenvalue weighted by Gasteiger charge is -2.27. The maximum absolute atomic E-state index is 13.6. The zero-order chi connectivity index (χ0) is 24.5. The number of nitrogens with one attached hydrogen (secondary N) is 1. The first-order chi connectivity index (χ1) is 16.1. The number of nitrogens with zero attached hydrogens (tertiary/aromatic N) is 1. The lowest BCUT2D eigenvalue weighted by molar-refractivity contribution is -0.120. The van der Waals surface area contributed by atoms with E-state index in [1.165, 1.54) is 21.9 Å². The van der Waals surface area contributed by atoms with Crippen LogP contribution in [0.3, 0.4) is 0 Å². The van der Waals surface area contributed by atoms with Gasteiger partial charge in [-0.3, -0.25) is 9.10 Å². The van der Waals surface area contributed by atoms with Gasteiger partial charge in [-0.05, 0) is 87.4 Å². The van der Waals surface area contributed by atoms with E-state index in [4.69, 9.17) is 0 Å². The van der Waals surface area contributed by atoms with E-state index in [2.05, 4.69) is 23.5 Å². The molecule has 0 spiro atoms. The summed E-state index contributed by atoms with van der Waals surface area (Å²) in [6.45, 7) is 7.37. The van der Waals surface area contributed by atoms with Crippen LogP contribution in [0, 0.1) is 20.8 Å². The fraction of sp³-hybridized carbons (Fsp3) is 0.321. The first-order valence-electron chi connectivity index (χ1n) is 11.7. The molecule has 0 fully saturated rings. The Kier molecular flexibility index (Phi) is 6.80. The van der Waals surface area contributed by atoms with Crippen molar-refractivity contribution in [3.63, 3.8) is 0 Å². The van der Waals surface area contributed by atoms with Gasteiger partial charge >= 0.3 is 0 Å². The molecule has 1 amide bonds. The summed E-state index contributed by atoms with van der Waals surface area (Å²) in [6.07, 6.45) is 3.35. The average molecular weight is 477 g/mol. The van der Waals surface area contributed by atoms with E-state index in [1.54, 1.807) is 30.3 Å². The highest BCUT2D eigenvalue weighted by Gasteiger charge is 2.29. The quantitative estimate of drug-likeness (QED) is 0.511. The molecule has 0 heterocycles. The minimum atomic E-state index is -3.94. The lowest BCUT2D eigenvalue weighted by atomic mass is 10.0. The summed E-state index contributed by atoms with van der Waals surface area (Å²) in [7, 11) is -3.94. The number of rotatable bonds is 7. The molecule has 6 heteroatoms. The van der Waals surface area contributed by atoms with E-state index in [1.807, 2.05) is 39.8 Å². The monoisotopic (exact) mass is 476 g/mol. The number of carbonyl (C=O) groups excluding carboxylic acids is 1. The van der Waals surface area contributed by atoms with Crippen LogP contribution in [-0.2, 0) is 27.7 Å². The summed E-state index contributed by atoms with van der Waals surface area (Å²) in [5, 5.41) is 3.01. The molecule has 0 aliphatic heterocycles. The fourth-order valence-electron chi connectivity index (χ4n) is 4.58. The Morgan fingerprint density at radius 1 is 0.912 bits per heavy atom. The zero-order valence-electron chi connectivity index (χ0n) is 20.3. The van der Waals surface area contributed by atoms with Gasteiger partial charge in [-0.2, -0.15) is 0 Å². The summed E-state index contributed by atoms with van der Waals surface area (Å²) in [5.74, 6) is -0.344. The van der Waals surface area contributed by atoms with Crippen molar-refractivity contribution in [2.75, 3.05) is 10.8 Å². The van der Waals surface area contributed by atoms with Gasteiger partial charge in [0.1, 0.15) is 6.54 Å². The molecule has 1 atom stereocenters. The number of fused-ring (bicyclic) bond motifs is 1. The molecule has 0 saturated heterocycles. The number of hydrogen-bond donors (Lipinski definition) is 1. The summed E-state index contributed by atoms with van der Waals surface area (Å²) < 4.78 is 28.5. The molecule has 0 aromatic heterocycles. The Morgan fingerprint density at radius 2 is 1.59 bits per heavy atom.